The van der Waals surface area contributed by atoms with Gasteiger partial charge in [-0.05, 0) is 25.2 Å². The van der Waals surface area contributed by atoms with Crippen LogP contribution in [-0.4, -0.2) is 44.6 Å². The van der Waals surface area contributed by atoms with Gasteiger partial charge >= 0.3 is 0 Å². The molecule has 1 unspecified atom stereocenters. The predicted octanol–water partition coefficient (Wildman–Crippen LogP) is 0.574. The molecule has 0 spiro atoms. The van der Waals surface area contributed by atoms with Gasteiger partial charge in [-0.1, -0.05) is 13.8 Å². The van der Waals surface area contributed by atoms with Crippen molar-refractivity contribution in [3.8, 4) is 0 Å². The number of piperidine rings is 1. The van der Waals surface area contributed by atoms with E-state index in [1.807, 2.05) is 0 Å². The van der Waals surface area contributed by atoms with Gasteiger partial charge in [-0.3, -0.25) is 4.79 Å². The van der Waals surface area contributed by atoms with Gasteiger partial charge in [-0.2, -0.15) is 0 Å². The van der Waals surface area contributed by atoms with Crippen LogP contribution in [-0.2, 0) is 14.8 Å². The Bertz CT molecular complexity index is 354. The molecule has 17 heavy (non-hydrogen) atoms. The second-order valence-electron chi connectivity index (χ2n) is 4.73. The van der Waals surface area contributed by atoms with Gasteiger partial charge in [0.05, 0.1) is 12.3 Å². The van der Waals surface area contributed by atoms with Gasteiger partial charge in [-0.25, -0.2) is 13.1 Å². The smallest absolute Gasteiger partial charge is 0.237 e. The van der Waals surface area contributed by atoms with Gasteiger partial charge in [0.2, 0.25) is 15.9 Å². The van der Waals surface area contributed by atoms with Crippen LogP contribution >= 0.6 is 0 Å². The second kappa shape index (κ2) is 6.35. The molecule has 6 heteroatoms. The number of rotatable bonds is 5. The Kier molecular flexibility index (Phi) is 5.39. The van der Waals surface area contributed by atoms with Gasteiger partial charge in [-0.15, -0.1) is 0 Å². The number of nitrogens with zero attached hydrogens (tertiary/aromatic N) is 1. The highest BCUT2D eigenvalue weighted by Gasteiger charge is 2.21. The number of likely N-dealkylation sites (tertiary alicyclic amines) is 1. The number of sulfonamides is 1. The number of carbonyl (C=O) groups excluding carboxylic acids is 1. The minimum atomic E-state index is -3.28. The maximum atomic E-state index is 11.8. The maximum absolute atomic E-state index is 11.8. The van der Waals surface area contributed by atoms with E-state index < -0.39 is 10.0 Å². The number of nitrogens with one attached hydrogen (secondary N) is 1. The summed E-state index contributed by atoms with van der Waals surface area (Å²) in [5.74, 6) is 0.479. The van der Waals surface area contributed by atoms with Crippen molar-refractivity contribution in [1.82, 2.24) is 9.62 Å². The Morgan fingerprint density at radius 2 is 2.18 bits per heavy atom. The summed E-state index contributed by atoms with van der Waals surface area (Å²) in [7, 11) is -3.28. The van der Waals surface area contributed by atoms with Crippen molar-refractivity contribution in [3.63, 3.8) is 0 Å². The summed E-state index contributed by atoms with van der Waals surface area (Å²) in [5, 5.41) is 0. The van der Waals surface area contributed by atoms with E-state index in [0.29, 0.717) is 12.3 Å². The molecule has 0 aliphatic carbocycles. The number of hydrogen-bond acceptors (Lipinski definition) is 3. The molecule has 1 aliphatic heterocycles. The van der Waals surface area contributed by atoms with Crippen LogP contribution in [0.1, 0.15) is 33.1 Å². The van der Waals surface area contributed by atoms with Crippen molar-refractivity contribution >= 4 is 15.9 Å². The van der Waals surface area contributed by atoms with Gasteiger partial charge in [0.25, 0.3) is 0 Å². The summed E-state index contributed by atoms with van der Waals surface area (Å²) >= 11 is 0. The summed E-state index contributed by atoms with van der Waals surface area (Å²) in [6, 6.07) is 0. The zero-order valence-electron chi connectivity index (χ0n) is 10.6. The molecule has 0 bridgehead atoms. The van der Waals surface area contributed by atoms with E-state index in [1.165, 1.54) is 0 Å². The molecule has 0 radical (unpaired) electrons. The van der Waals surface area contributed by atoms with Crippen molar-refractivity contribution in [3.05, 3.63) is 0 Å². The van der Waals surface area contributed by atoms with Crippen LogP contribution in [0.3, 0.4) is 0 Å². The molecular weight excluding hydrogens is 240 g/mol. The molecule has 1 fully saturated rings. The first-order valence-electron chi connectivity index (χ1n) is 6.19. The van der Waals surface area contributed by atoms with Gasteiger partial charge < -0.3 is 4.90 Å². The van der Waals surface area contributed by atoms with Gasteiger partial charge in [0.15, 0.2) is 0 Å². The maximum Gasteiger partial charge on any atom is 0.237 e. The van der Waals surface area contributed by atoms with E-state index in [9.17, 15) is 13.2 Å². The average Bonchev–Trinajstić information content (AvgIpc) is 2.26. The number of carbonyl (C=O) groups is 1. The monoisotopic (exact) mass is 262 g/mol. The molecule has 1 rings (SSSR count). The first-order chi connectivity index (χ1) is 7.94. The third-order valence-corrected chi connectivity index (χ3v) is 4.46. The molecule has 1 aliphatic rings. The highest BCUT2D eigenvalue weighted by atomic mass is 32.2. The fourth-order valence-electron chi connectivity index (χ4n) is 2.04. The van der Waals surface area contributed by atoms with Crippen LogP contribution in [0.25, 0.3) is 0 Å². The van der Waals surface area contributed by atoms with Crippen molar-refractivity contribution < 1.29 is 13.2 Å². The van der Waals surface area contributed by atoms with E-state index in [4.69, 9.17) is 0 Å². The molecule has 5 nitrogen and oxygen atoms in total. The Balaban J connectivity index is 2.39. The van der Waals surface area contributed by atoms with Gasteiger partial charge in [0, 0.05) is 13.1 Å². The average molecular weight is 262 g/mol. The molecular formula is C11H22N2O3S. The lowest BCUT2D eigenvalue weighted by molar-refractivity contribution is -0.131. The molecule has 0 aromatic heterocycles. The molecule has 0 saturated carbocycles. The fourth-order valence-corrected chi connectivity index (χ4v) is 3.07. The fraction of sp³-hybridized carbons (Fsp3) is 0.909. The van der Waals surface area contributed by atoms with Crippen molar-refractivity contribution in [2.75, 3.05) is 25.4 Å². The van der Waals surface area contributed by atoms with E-state index in [-0.39, 0.29) is 18.2 Å². The summed E-state index contributed by atoms with van der Waals surface area (Å²) in [6.07, 6.45) is 2.71. The lowest BCUT2D eigenvalue weighted by Gasteiger charge is -2.31. The van der Waals surface area contributed by atoms with Crippen molar-refractivity contribution in [1.29, 1.82) is 0 Å². The zero-order chi connectivity index (χ0) is 12.9. The van der Waals surface area contributed by atoms with Crippen LogP contribution in [0.15, 0.2) is 0 Å². The van der Waals surface area contributed by atoms with Crippen LogP contribution in [0.2, 0.25) is 0 Å². The van der Waals surface area contributed by atoms with E-state index in [2.05, 4.69) is 11.6 Å². The molecule has 0 aromatic rings. The molecule has 0 aromatic carbocycles. The zero-order valence-corrected chi connectivity index (χ0v) is 11.4. The molecule has 1 amide bonds. The Labute approximate surface area is 104 Å². The summed E-state index contributed by atoms with van der Waals surface area (Å²) in [6.45, 7) is 5.30. The molecule has 1 N–H and O–H groups in total. The molecule has 1 atom stereocenters. The van der Waals surface area contributed by atoms with Crippen LogP contribution in [0, 0.1) is 5.92 Å². The quantitative estimate of drug-likeness (QED) is 0.788. The lowest BCUT2D eigenvalue weighted by Crippen LogP contribution is -2.44. The third kappa shape index (κ3) is 5.04. The number of amides is 1. The highest BCUT2D eigenvalue weighted by Crippen LogP contribution is 2.15. The molecule has 1 heterocycles. The highest BCUT2D eigenvalue weighted by molar-refractivity contribution is 7.89. The van der Waals surface area contributed by atoms with Crippen LogP contribution in [0.4, 0.5) is 0 Å². The Morgan fingerprint density at radius 3 is 2.76 bits per heavy atom. The molecule has 1 saturated heterocycles. The lowest BCUT2D eigenvalue weighted by atomic mass is 10.0. The Hall–Kier alpha value is -0.620. The van der Waals surface area contributed by atoms with E-state index in [0.717, 1.165) is 25.9 Å². The number of hydrogen-bond donors (Lipinski definition) is 1. The minimum absolute atomic E-state index is 0.0800. The van der Waals surface area contributed by atoms with Crippen LogP contribution in [0.5, 0.6) is 0 Å². The summed E-state index contributed by atoms with van der Waals surface area (Å²) in [4.78, 5) is 13.5. The SMILES string of the molecule is CCCS(=O)(=O)NCC(=O)N1CCCC(C)C1. The largest absolute Gasteiger partial charge is 0.341 e. The summed E-state index contributed by atoms with van der Waals surface area (Å²) in [5.41, 5.74) is 0. The normalized spacial score (nSPS) is 21.5. The third-order valence-electron chi connectivity index (χ3n) is 2.93. The first kappa shape index (κ1) is 14.4. The van der Waals surface area contributed by atoms with E-state index >= 15 is 0 Å². The van der Waals surface area contributed by atoms with Crippen LogP contribution < -0.4 is 4.72 Å². The van der Waals surface area contributed by atoms with Gasteiger partial charge in [0.1, 0.15) is 0 Å². The second-order valence-corrected chi connectivity index (χ2v) is 6.65. The first-order valence-corrected chi connectivity index (χ1v) is 7.85. The topological polar surface area (TPSA) is 66.5 Å². The van der Waals surface area contributed by atoms with E-state index in [1.54, 1.807) is 11.8 Å². The summed E-state index contributed by atoms with van der Waals surface area (Å²) < 4.78 is 25.2. The molecule has 100 valence electrons. The Morgan fingerprint density at radius 1 is 1.47 bits per heavy atom. The van der Waals surface area contributed by atoms with Crippen molar-refractivity contribution in [2.24, 2.45) is 5.92 Å². The minimum Gasteiger partial charge on any atom is -0.341 e. The predicted molar refractivity (Wildman–Crippen MR) is 67.1 cm³/mol. The van der Waals surface area contributed by atoms with Crippen molar-refractivity contribution in [2.45, 2.75) is 33.1 Å². The standard InChI is InChI=1S/C11H22N2O3S/c1-3-7-17(15,16)12-8-11(14)13-6-4-5-10(2)9-13/h10,12H,3-9H2,1-2H3.